The van der Waals surface area contributed by atoms with Crippen molar-refractivity contribution < 1.29 is 13.5 Å². The zero-order valence-corrected chi connectivity index (χ0v) is 15.7. The molecule has 0 amide bonds. The molecular formula is C20H17F2N5O2. The van der Waals surface area contributed by atoms with Crippen LogP contribution in [0.15, 0.2) is 53.6 Å². The summed E-state index contributed by atoms with van der Waals surface area (Å²) in [5, 5.41) is 10.9. The minimum atomic E-state index is -0.604. The van der Waals surface area contributed by atoms with E-state index in [1.54, 1.807) is 31.5 Å². The number of halogens is 2. The van der Waals surface area contributed by atoms with Gasteiger partial charge in [0.05, 0.1) is 25.5 Å². The first kappa shape index (κ1) is 18.6. The number of rotatable bonds is 5. The highest BCUT2D eigenvalue weighted by Crippen LogP contribution is 2.29. The molecule has 0 spiro atoms. The van der Waals surface area contributed by atoms with Crippen molar-refractivity contribution in [2.75, 3.05) is 7.11 Å². The molecule has 0 unspecified atom stereocenters. The fourth-order valence-electron chi connectivity index (χ4n) is 3.17. The summed E-state index contributed by atoms with van der Waals surface area (Å²) in [7, 11) is 1.50. The number of benzene rings is 2. The van der Waals surface area contributed by atoms with Gasteiger partial charge in [-0.3, -0.25) is 5.10 Å². The Morgan fingerprint density at radius 3 is 2.69 bits per heavy atom. The van der Waals surface area contributed by atoms with Crippen LogP contribution in [0.4, 0.5) is 8.78 Å². The van der Waals surface area contributed by atoms with Crippen molar-refractivity contribution in [1.29, 1.82) is 0 Å². The number of ether oxygens (including phenoxy) is 1. The quantitative estimate of drug-likeness (QED) is 0.562. The number of nitrogens with one attached hydrogen (secondary N) is 1. The normalized spacial score (nSPS) is 11.0. The van der Waals surface area contributed by atoms with Crippen molar-refractivity contribution in [3.63, 3.8) is 0 Å². The van der Waals surface area contributed by atoms with Crippen molar-refractivity contribution >= 4 is 0 Å². The van der Waals surface area contributed by atoms with Crippen molar-refractivity contribution in [2.45, 2.75) is 13.5 Å². The van der Waals surface area contributed by atoms with E-state index in [0.717, 1.165) is 34.0 Å². The van der Waals surface area contributed by atoms with Crippen LogP contribution >= 0.6 is 0 Å². The molecule has 2 heterocycles. The van der Waals surface area contributed by atoms with Crippen molar-refractivity contribution in [1.82, 2.24) is 24.5 Å². The molecule has 9 heteroatoms. The van der Waals surface area contributed by atoms with Crippen LogP contribution in [0, 0.1) is 18.6 Å². The molecule has 2 aromatic carbocycles. The largest absolute Gasteiger partial charge is 0.495 e. The number of aryl methyl sites for hydroxylation is 1. The minimum Gasteiger partial charge on any atom is -0.495 e. The standard InChI is InChI=1S/C20H17F2N5O2/c1-12-25-26(11-14-7-16(21)4-5-17(14)22)20(28)27(12)18-6-3-13(8-19(18)29-2)15-9-23-24-10-15/h3-10H,11H2,1-2H3,(H,23,24). The summed E-state index contributed by atoms with van der Waals surface area (Å²) >= 11 is 0. The highest BCUT2D eigenvalue weighted by molar-refractivity contribution is 5.67. The van der Waals surface area contributed by atoms with E-state index in [1.165, 1.54) is 11.7 Å². The predicted molar refractivity (Wildman–Crippen MR) is 102 cm³/mol. The van der Waals surface area contributed by atoms with Gasteiger partial charge in [0.15, 0.2) is 0 Å². The lowest BCUT2D eigenvalue weighted by atomic mass is 10.1. The fraction of sp³-hybridized carbons (Fsp3) is 0.150. The predicted octanol–water partition coefficient (Wildman–Crippen LogP) is 3.07. The Bertz CT molecular complexity index is 1230. The van der Waals surface area contributed by atoms with Crippen molar-refractivity contribution in [3.8, 4) is 22.6 Å². The molecule has 148 valence electrons. The Hall–Kier alpha value is -3.75. The van der Waals surface area contributed by atoms with E-state index in [0.29, 0.717) is 17.3 Å². The molecule has 0 aliphatic heterocycles. The molecule has 0 atom stereocenters. The van der Waals surface area contributed by atoms with Crippen LogP contribution in [0.1, 0.15) is 11.4 Å². The van der Waals surface area contributed by atoms with Crippen LogP contribution in [-0.4, -0.2) is 31.7 Å². The zero-order valence-electron chi connectivity index (χ0n) is 15.7. The molecule has 4 rings (SSSR count). The maximum atomic E-state index is 14.0. The lowest BCUT2D eigenvalue weighted by Gasteiger charge is -2.11. The number of methoxy groups -OCH3 is 1. The van der Waals surface area contributed by atoms with E-state index in [2.05, 4.69) is 15.3 Å². The molecule has 0 aliphatic rings. The Labute approximate surface area is 164 Å². The monoisotopic (exact) mass is 397 g/mol. The Morgan fingerprint density at radius 2 is 1.97 bits per heavy atom. The highest BCUT2D eigenvalue weighted by atomic mass is 19.1. The molecule has 0 bridgehead atoms. The average Bonchev–Trinajstić information content (AvgIpc) is 3.33. The molecule has 0 fully saturated rings. The van der Waals surface area contributed by atoms with Gasteiger partial charge < -0.3 is 4.74 Å². The second-order valence-corrected chi connectivity index (χ2v) is 6.43. The first-order valence-corrected chi connectivity index (χ1v) is 8.76. The van der Waals surface area contributed by atoms with Crippen molar-refractivity contribution in [2.24, 2.45) is 0 Å². The molecule has 0 saturated heterocycles. The Morgan fingerprint density at radius 1 is 1.14 bits per heavy atom. The van der Waals surface area contributed by atoms with Gasteiger partial charge in [-0.2, -0.15) is 10.2 Å². The lowest BCUT2D eigenvalue weighted by Crippen LogP contribution is -2.25. The third-order valence-electron chi connectivity index (χ3n) is 4.58. The molecule has 4 aromatic rings. The van der Waals surface area contributed by atoms with Crippen LogP contribution in [0.3, 0.4) is 0 Å². The number of aromatic nitrogens is 5. The molecule has 29 heavy (non-hydrogen) atoms. The molecule has 0 aliphatic carbocycles. The Balaban J connectivity index is 1.76. The van der Waals surface area contributed by atoms with Gasteiger partial charge in [0, 0.05) is 17.3 Å². The summed E-state index contributed by atoms with van der Waals surface area (Å²) in [6.07, 6.45) is 3.43. The number of aromatic amines is 1. The molecule has 1 N–H and O–H groups in total. The molecular weight excluding hydrogens is 380 g/mol. The fourth-order valence-corrected chi connectivity index (χ4v) is 3.17. The minimum absolute atomic E-state index is 0.0408. The summed E-state index contributed by atoms with van der Waals surface area (Å²) in [5.41, 5.74) is 1.78. The molecule has 7 nitrogen and oxygen atoms in total. The molecule has 2 aromatic heterocycles. The lowest BCUT2D eigenvalue weighted by molar-refractivity contribution is 0.412. The first-order chi connectivity index (χ1) is 14.0. The van der Waals surface area contributed by atoms with E-state index in [9.17, 15) is 13.6 Å². The van der Waals surface area contributed by atoms with E-state index in [4.69, 9.17) is 4.74 Å². The summed E-state index contributed by atoms with van der Waals surface area (Å²) in [4.78, 5) is 12.9. The van der Waals surface area contributed by atoms with E-state index in [-0.39, 0.29) is 12.1 Å². The number of nitrogens with zero attached hydrogens (tertiary/aromatic N) is 4. The van der Waals surface area contributed by atoms with Gasteiger partial charge in [0.1, 0.15) is 23.2 Å². The van der Waals surface area contributed by atoms with E-state index >= 15 is 0 Å². The van der Waals surface area contributed by atoms with Gasteiger partial charge in [0.25, 0.3) is 0 Å². The molecule has 0 radical (unpaired) electrons. The van der Waals surface area contributed by atoms with E-state index < -0.39 is 17.3 Å². The van der Waals surface area contributed by atoms with Crippen LogP contribution < -0.4 is 10.4 Å². The van der Waals surface area contributed by atoms with Gasteiger partial charge in [-0.15, -0.1) is 0 Å². The van der Waals surface area contributed by atoms with Crippen molar-refractivity contribution in [3.05, 3.63) is 82.3 Å². The smallest absolute Gasteiger partial charge is 0.351 e. The van der Waals surface area contributed by atoms with Crippen LogP contribution in [0.2, 0.25) is 0 Å². The maximum Gasteiger partial charge on any atom is 0.351 e. The van der Waals surface area contributed by atoms with Crippen LogP contribution in [-0.2, 0) is 6.54 Å². The number of hydrogen-bond acceptors (Lipinski definition) is 4. The highest BCUT2D eigenvalue weighted by Gasteiger charge is 2.17. The van der Waals surface area contributed by atoms with Gasteiger partial charge >= 0.3 is 5.69 Å². The third kappa shape index (κ3) is 3.42. The summed E-state index contributed by atoms with van der Waals surface area (Å²) < 4.78 is 35.4. The van der Waals surface area contributed by atoms with Gasteiger partial charge in [0.2, 0.25) is 0 Å². The average molecular weight is 397 g/mol. The van der Waals surface area contributed by atoms with Crippen LogP contribution in [0.5, 0.6) is 5.75 Å². The molecule has 0 saturated carbocycles. The topological polar surface area (TPSA) is 77.7 Å². The van der Waals surface area contributed by atoms with Crippen LogP contribution in [0.25, 0.3) is 16.8 Å². The van der Waals surface area contributed by atoms with Gasteiger partial charge in [-0.05, 0) is 42.8 Å². The third-order valence-corrected chi connectivity index (χ3v) is 4.58. The second kappa shape index (κ2) is 7.34. The Kier molecular flexibility index (Phi) is 4.71. The maximum absolute atomic E-state index is 14.0. The number of H-pyrrole nitrogens is 1. The van der Waals surface area contributed by atoms with Gasteiger partial charge in [-0.25, -0.2) is 22.8 Å². The van der Waals surface area contributed by atoms with E-state index in [1.807, 2.05) is 6.07 Å². The first-order valence-electron chi connectivity index (χ1n) is 8.76. The SMILES string of the molecule is COc1cc(-c2cn[nH]c2)ccc1-n1c(C)nn(Cc2cc(F)ccc2F)c1=O. The number of hydrogen-bond donors (Lipinski definition) is 1. The summed E-state index contributed by atoms with van der Waals surface area (Å²) in [6.45, 7) is 1.47. The summed E-state index contributed by atoms with van der Waals surface area (Å²) in [5.74, 6) is -0.332. The summed E-state index contributed by atoms with van der Waals surface area (Å²) in [6, 6.07) is 8.46. The zero-order chi connectivity index (χ0) is 20.5. The van der Waals surface area contributed by atoms with Gasteiger partial charge in [-0.1, -0.05) is 6.07 Å². The second-order valence-electron chi connectivity index (χ2n) is 6.43.